The van der Waals surface area contributed by atoms with Gasteiger partial charge in [-0.1, -0.05) is 0 Å². The van der Waals surface area contributed by atoms with Crippen LogP contribution in [0, 0.1) is 0 Å². The number of aromatic nitrogens is 1. The lowest BCUT2D eigenvalue weighted by Crippen LogP contribution is -1.90. The number of carbonyl (C=O) groups excluding carboxylic acids is 1. The number of fused-ring (bicyclic) bond motifs is 1. The van der Waals surface area contributed by atoms with Crippen molar-refractivity contribution in [2.24, 2.45) is 0 Å². The van der Waals surface area contributed by atoms with Crippen molar-refractivity contribution in [3.63, 3.8) is 0 Å². The molecule has 2 aromatic rings. The van der Waals surface area contributed by atoms with Crippen LogP contribution < -0.4 is 0 Å². The Labute approximate surface area is 76.8 Å². The number of carbonyl (C=O) groups is 2. The van der Waals surface area contributed by atoms with Crippen LogP contribution in [0.25, 0.3) is 10.2 Å². The number of aldehydes is 1. The van der Waals surface area contributed by atoms with Gasteiger partial charge in [0.1, 0.15) is 4.88 Å². The zero-order chi connectivity index (χ0) is 9.42. The minimum atomic E-state index is -0.942. The quantitative estimate of drug-likeness (QED) is 0.717. The first-order chi connectivity index (χ1) is 6.20. The van der Waals surface area contributed by atoms with Gasteiger partial charge in [-0.3, -0.25) is 4.79 Å². The predicted molar refractivity (Wildman–Crippen MR) is 48.5 cm³/mol. The number of carboxylic acid groups (broad SMARTS) is 1. The molecule has 0 amide bonds. The monoisotopic (exact) mass is 195 g/mol. The molecule has 0 fully saturated rings. The molecule has 0 aliphatic heterocycles. The van der Waals surface area contributed by atoms with E-state index < -0.39 is 5.97 Å². The Hall–Kier alpha value is -1.62. The van der Waals surface area contributed by atoms with Gasteiger partial charge in [0.05, 0.1) is 15.9 Å². The fourth-order valence-electron chi connectivity index (χ4n) is 1.11. The molecule has 2 aromatic heterocycles. The molecule has 0 aromatic carbocycles. The van der Waals surface area contributed by atoms with Crippen molar-refractivity contribution < 1.29 is 14.7 Å². The van der Waals surface area contributed by atoms with E-state index in [0.29, 0.717) is 17.5 Å². The number of hydrogen-bond acceptors (Lipinski definition) is 3. The highest BCUT2D eigenvalue weighted by Crippen LogP contribution is 2.25. The van der Waals surface area contributed by atoms with Gasteiger partial charge in [-0.25, -0.2) is 4.79 Å². The lowest BCUT2D eigenvalue weighted by molar-refractivity contribution is 0.0702. The number of aromatic carboxylic acids is 1. The highest BCUT2D eigenvalue weighted by Gasteiger charge is 2.10. The number of carboxylic acids is 1. The van der Waals surface area contributed by atoms with Crippen molar-refractivity contribution in [2.45, 2.75) is 0 Å². The molecule has 66 valence electrons. The summed E-state index contributed by atoms with van der Waals surface area (Å²) in [6, 6.07) is 3.16. The second kappa shape index (κ2) is 2.70. The summed E-state index contributed by atoms with van der Waals surface area (Å²) in [4.78, 5) is 24.0. The second-order valence-electron chi connectivity index (χ2n) is 2.54. The Morgan fingerprint density at radius 2 is 2.31 bits per heavy atom. The van der Waals surface area contributed by atoms with E-state index in [1.54, 1.807) is 6.07 Å². The van der Waals surface area contributed by atoms with E-state index in [-0.39, 0.29) is 4.88 Å². The first-order valence-corrected chi connectivity index (χ1v) is 4.33. The van der Waals surface area contributed by atoms with Crippen LogP contribution in [0.5, 0.6) is 0 Å². The molecule has 0 atom stereocenters. The second-order valence-corrected chi connectivity index (χ2v) is 3.62. The molecule has 0 bridgehead atoms. The Morgan fingerprint density at radius 1 is 1.54 bits per heavy atom. The van der Waals surface area contributed by atoms with Crippen molar-refractivity contribution >= 4 is 33.8 Å². The van der Waals surface area contributed by atoms with E-state index in [1.807, 2.05) is 0 Å². The number of hydrogen-bond donors (Lipinski definition) is 2. The Bertz CT molecular complexity index is 451. The lowest BCUT2D eigenvalue weighted by atomic mass is 10.4. The molecule has 0 aliphatic rings. The smallest absolute Gasteiger partial charge is 0.345 e. The SMILES string of the molecule is O=Cc1cc2sc(C(=O)O)cc2[nH]1. The molecule has 0 radical (unpaired) electrons. The van der Waals surface area contributed by atoms with Gasteiger partial charge in [0.15, 0.2) is 6.29 Å². The number of aromatic amines is 1. The summed E-state index contributed by atoms with van der Waals surface area (Å²) in [6.45, 7) is 0. The highest BCUT2D eigenvalue weighted by molar-refractivity contribution is 7.20. The van der Waals surface area contributed by atoms with E-state index in [1.165, 1.54) is 6.07 Å². The van der Waals surface area contributed by atoms with Crippen molar-refractivity contribution in [1.82, 2.24) is 4.98 Å². The van der Waals surface area contributed by atoms with Crippen molar-refractivity contribution in [3.8, 4) is 0 Å². The van der Waals surface area contributed by atoms with E-state index >= 15 is 0 Å². The third-order valence-corrected chi connectivity index (χ3v) is 2.73. The number of nitrogens with one attached hydrogen (secondary N) is 1. The van der Waals surface area contributed by atoms with Gasteiger partial charge in [-0.05, 0) is 12.1 Å². The summed E-state index contributed by atoms with van der Waals surface area (Å²) in [5.74, 6) is -0.942. The number of H-pyrrole nitrogens is 1. The van der Waals surface area contributed by atoms with Gasteiger partial charge >= 0.3 is 5.97 Å². The first-order valence-electron chi connectivity index (χ1n) is 3.52. The summed E-state index contributed by atoms with van der Waals surface area (Å²) in [5.41, 5.74) is 1.17. The Balaban J connectivity index is 2.60. The third kappa shape index (κ3) is 1.23. The van der Waals surface area contributed by atoms with Gasteiger partial charge < -0.3 is 10.1 Å². The van der Waals surface area contributed by atoms with Crippen LogP contribution >= 0.6 is 11.3 Å². The van der Waals surface area contributed by atoms with Gasteiger partial charge in [-0.2, -0.15) is 0 Å². The van der Waals surface area contributed by atoms with Gasteiger partial charge in [-0.15, -0.1) is 11.3 Å². The van der Waals surface area contributed by atoms with Crippen LogP contribution in [-0.2, 0) is 0 Å². The summed E-state index contributed by atoms with van der Waals surface area (Å²) >= 11 is 1.15. The molecule has 2 rings (SSSR count). The molecule has 2 heterocycles. The first kappa shape index (κ1) is 8.00. The van der Waals surface area contributed by atoms with Crippen LogP contribution in [0.4, 0.5) is 0 Å². The Kier molecular flexibility index (Phi) is 1.66. The summed E-state index contributed by atoms with van der Waals surface area (Å²) in [6.07, 6.45) is 0.702. The van der Waals surface area contributed by atoms with Crippen LogP contribution in [0.3, 0.4) is 0 Å². The molecule has 0 unspecified atom stereocenters. The van der Waals surface area contributed by atoms with Crippen molar-refractivity contribution in [2.75, 3.05) is 0 Å². The lowest BCUT2D eigenvalue weighted by Gasteiger charge is -1.82. The molecular formula is C8H5NO3S. The fourth-order valence-corrected chi connectivity index (χ4v) is 2.02. The molecule has 5 heteroatoms. The summed E-state index contributed by atoms with van der Waals surface area (Å²) in [7, 11) is 0. The van der Waals surface area contributed by atoms with Crippen LogP contribution in [-0.4, -0.2) is 22.3 Å². The summed E-state index contributed by atoms with van der Waals surface area (Å²) < 4.78 is 0.791. The molecule has 0 saturated carbocycles. The average molecular weight is 195 g/mol. The highest BCUT2D eigenvalue weighted by atomic mass is 32.1. The van der Waals surface area contributed by atoms with Crippen molar-refractivity contribution in [3.05, 3.63) is 22.7 Å². The molecule has 13 heavy (non-hydrogen) atoms. The maximum Gasteiger partial charge on any atom is 0.345 e. The average Bonchev–Trinajstić information content (AvgIpc) is 2.58. The largest absolute Gasteiger partial charge is 0.477 e. The zero-order valence-electron chi connectivity index (χ0n) is 6.40. The maximum absolute atomic E-state index is 10.5. The van der Waals surface area contributed by atoms with Gasteiger partial charge in [0.2, 0.25) is 0 Å². The van der Waals surface area contributed by atoms with Gasteiger partial charge in [0, 0.05) is 0 Å². The number of thiophene rings is 1. The topological polar surface area (TPSA) is 70.2 Å². The normalized spacial score (nSPS) is 10.5. The minimum Gasteiger partial charge on any atom is -0.477 e. The minimum absolute atomic E-state index is 0.277. The summed E-state index contributed by atoms with van der Waals surface area (Å²) in [5, 5.41) is 8.66. The molecule has 4 nitrogen and oxygen atoms in total. The molecule has 0 aliphatic carbocycles. The third-order valence-electron chi connectivity index (χ3n) is 1.66. The molecule has 0 spiro atoms. The van der Waals surface area contributed by atoms with E-state index in [2.05, 4.69) is 4.98 Å². The molecule has 2 N–H and O–H groups in total. The predicted octanol–water partition coefficient (Wildman–Crippen LogP) is 1.74. The maximum atomic E-state index is 10.5. The molecule has 0 saturated heterocycles. The number of rotatable bonds is 2. The Morgan fingerprint density at radius 3 is 2.85 bits per heavy atom. The van der Waals surface area contributed by atoms with Crippen molar-refractivity contribution in [1.29, 1.82) is 0 Å². The van der Waals surface area contributed by atoms with Crippen LogP contribution in [0.15, 0.2) is 12.1 Å². The zero-order valence-corrected chi connectivity index (χ0v) is 7.22. The van der Waals surface area contributed by atoms with Gasteiger partial charge in [0.25, 0.3) is 0 Å². The van der Waals surface area contributed by atoms with E-state index in [9.17, 15) is 9.59 Å². The van der Waals surface area contributed by atoms with Crippen LogP contribution in [0.2, 0.25) is 0 Å². The van der Waals surface area contributed by atoms with E-state index in [0.717, 1.165) is 16.0 Å². The van der Waals surface area contributed by atoms with E-state index in [4.69, 9.17) is 5.11 Å². The standard InChI is InChI=1S/C8H5NO3S/c10-3-4-1-6-5(9-4)2-7(13-6)8(11)12/h1-3,9H,(H,11,12). The fraction of sp³-hybridized carbons (Fsp3) is 0. The van der Waals surface area contributed by atoms with Crippen LogP contribution in [0.1, 0.15) is 20.2 Å². The molecular weight excluding hydrogens is 190 g/mol.